The monoisotopic (exact) mass is 400 g/mol. The molecule has 3 aromatic carbocycles. The number of primary amides is 1. The Morgan fingerprint density at radius 2 is 1.40 bits per heavy atom. The zero-order valence-corrected chi connectivity index (χ0v) is 16.0. The Kier molecular flexibility index (Phi) is 5.06. The number of fused-ring (bicyclic) bond motifs is 3. The molecule has 30 heavy (non-hydrogen) atoms. The van der Waals surface area contributed by atoms with Crippen molar-refractivity contribution in [2.45, 2.75) is 18.4 Å². The highest BCUT2D eigenvalue weighted by molar-refractivity contribution is 5.98. The van der Waals surface area contributed by atoms with Crippen molar-refractivity contribution in [3.63, 3.8) is 0 Å². The maximum atomic E-state index is 13.2. The Hall–Kier alpha value is -3.93. The van der Waals surface area contributed by atoms with Gasteiger partial charge in [0.1, 0.15) is 6.04 Å². The highest BCUT2D eigenvalue weighted by atomic mass is 16.4. The molecule has 1 atom stereocenters. The molecule has 0 saturated heterocycles. The van der Waals surface area contributed by atoms with Gasteiger partial charge in [0.25, 0.3) is 0 Å². The van der Waals surface area contributed by atoms with E-state index in [9.17, 15) is 14.4 Å². The summed E-state index contributed by atoms with van der Waals surface area (Å²) >= 11 is 0. The van der Waals surface area contributed by atoms with E-state index in [2.05, 4.69) is 5.32 Å². The first kappa shape index (κ1) is 19.4. The predicted octanol–water partition coefficient (Wildman–Crippen LogP) is 2.71. The van der Waals surface area contributed by atoms with Gasteiger partial charge in [0, 0.05) is 6.42 Å². The van der Waals surface area contributed by atoms with E-state index in [1.165, 1.54) is 12.1 Å². The van der Waals surface area contributed by atoms with Crippen molar-refractivity contribution in [1.82, 2.24) is 5.32 Å². The normalized spacial score (nSPS) is 13.2. The highest BCUT2D eigenvalue weighted by Crippen LogP contribution is 2.44. The Morgan fingerprint density at radius 1 is 0.867 bits per heavy atom. The van der Waals surface area contributed by atoms with Crippen LogP contribution in [0.3, 0.4) is 0 Å². The van der Waals surface area contributed by atoms with Crippen molar-refractivity contribution in [3.05, 3.63) is 95.1 Å². The molecule has 3 aromatic rings. The SMILES string of the molecule is NC(=O)[C@H](Cc1ccc(C(=O)O)cc1)NC(=O)C1c2ccccc2-c2ccccc21. The molecule has 1 aliphatic rings. The molecule has 4 N–H and O–H groups in total. The summed E-state index contributed by atoms with van der Waals surface area (Å²) in [5.74, 6) is -2.49. The van der Waals surface area contributed by atoms with E-state index in [0.717, 1.165) is 22.3 Å². The van der Waals surface area contributed by atoms with E-state index in [1.54, 1.807) is 12.1 Å². The fraction of sp³-hybridized carbons (Fsp3) is 0.125. The summed E-state index contributed by atoms with van der Waals surface area (Å²) in [6.45, 7) is 0. The summed E-state index contributed by atoms with van der Waals surface area (Å²) in [7, 11) is 0. The van der Waals surface area contributed by atoms with E-state index in [-0.39, 0.29) is 17.9 Å². The van der Waals surface area contributed by atoms with Crippen molar-refractivity contribution in [2.75, 3.05) is 0 Å². The Bertz CT molecular complexity index is 1090. The first-order valence-electron chi connectivity index (χ1n) is 9.56. The zero-order valence-electron chi connectivity index (χ0n) is 16.0. The fourth-order valence-electron chi connectivity index (χ4n) is 3.93. The van der Waals surface area contributed by atoms with Crippen molar-refractivity contribution in [3.8, 4) is 11.1 Å². The van der Waals surface area contributed by atoms with Crippen LogP contribution >= 0.6 is 0 Å². The maximum Gasteiger partial charge on any atom is 0.335 e. The van der Waals surface area contributed by atoms with Gasteiger partial charge in [-0.2, -0.15) is 0 Å². The third-order valence-electron chi connectivity index (χ3n) is 5.40. The molecule has 0 fully saturated rings. The standard InChI is InChI=1S/C24H20N2O4/c25-22(27)20(13-14-9-11-15(12-10-14)24(29)30)26-23(28)21-18-7-3-1-5-16(18)17-6-2-4-8-19(17)21/h1-12,20-21H,13H2,(H2,25,27)(H,26,28)(H,29,30)/t20-/m0/s1. The third kappa shape index (κ3) is 3.55. The molecular formula is C24H20N2O4. The van der Waals surface area contributed by atoms with Crippen molar-refractivity contribution >= 4 is 17.8 Å². The van der Waals surface area contributed by atoms with Crippen molar-refractivity contribution in [2.24, 2.45) is 5.73 Å². The lowest BCUT2D eigenvalue weighted by Crippen LogP contribution is -2.47. The highest BCUT2D eigenvalue weighted by Gasteiger charge is 2.34. The molecule has 0 heterocycles. The molecule has 0 aliphatic heterocycles. The maximum absolute atomic E-state index is 13.2. The molecule has 0 bridgehead atoms. The van der Waals surface area contributed by atoms with E-state index in [4.69, 9.17) is 10.8 Å². The summed E-state index contributed by atoms with van der Waals surface area (Å²) in [6.07, 6.45) is 0.178. The second-order valence-electron chi connectivity index (χ2n) is 7.28. The van der Waals surface area contributed by atoms with Crippen LogP contribution in [0.5, 0.6) is 0 Å². The van der Waals surface area contributed by atoms with Gasteiger partial charge in [-0.1, -0.05) is 60.7 Å². The summed E-state index contributed by atoms with van der Waals surface area (Å²) in [5.41, 5.74) is 10.2. The number of carboxylic acid groups (broad SMARTS) is 1. The van der Waals surface area contributed by atoms with Crippen LogP contribution in [0.15, 0.2) is 72.8 Å². The van der Waals surface area contributed by atoms with Gasteiger partial charge in [-0.05, 0) is 39.9 Å². The van der Waals surface area contributed by atoms with Gasteiger partial charge in [-0.3, -0.25) is 9.59 Å². The van der Waals surface area contributed by atoms with Crippen LogP contribution in [0.25, 0.3) is 11.1 Å². The molecule has 6 heteroatoms. The van der Waals surface area contributed by atoms with Crippen LogP contribution < -0.4 is 11.1 Å². The molecular weight excluding hydrogens is 380 g/mol. The Morgan fingerprint density at radius 3 is 1.90 bits per heavy atom. The zero-order chi connectivity index (χ0) is 21.3. The van der Waals surface area contributed by atoms with Gasteiger partial charge in [0.15, 0.2) is 0 Å². The number of rotatable bonds is 6. The average Bonchev–Trinajstić information content (AvgIpc) is 3.08. The number of benzene rings is 3. The topological polar surface area (TPSA) is 109 Å². The number of nitrogens with two attached hydrogens (primary N) is 1. The van der Waals surface area contributed by atoms with Crippen molar-refractivity contribution in [1.29, 1.82) is 0 Å². The van der Waals surface area contributed by atoms with E-state index >= 15 is 0 Å². The van der Waals surface area contributed by atoms with Crippen LogP contribution in [0.1, 0.15) is 33.0 Å². The van der Waals surface area contributed by atoms with Crippen LogP contribution in [-0.4, -0.2) is 28.9 Å². The number of hydrogen-bond acceptors (Lipinski definition) is 3. The number of carbonyl (C=O) groups excluding carboxylic acids is 2. The molecule has 150 valence electrons. The van der Waals surface area contributed by atoms with E-state index in [1.807, 2.05) is 48.5 Å². The van der Waals surface area contributed by atoms with Gasteiger partial charge >= 0.3 is 5.97 Å². The smallest absolute Gasteiger partial charge is 0.335 e. The number of hydrogen-bond donors (Lipinski definition) is 3. The molecule has 0 aromatic heterocycles. The second kappa shape index (κ2) is 7.83. The lowest BCUT2D eigenvalue weighted by atomic mass is 9.95. The number of amides is 2. The van der Waals surface area contributed by atoms with Gasteiger partial charge in [-0.25, -0.2) is 4.79 Å². The molecule has 2 amide bonds. The van der Waals surface area contributed by atoms with Crippen molar-refractivity contribution < 1.29 is 19.5 Å². The number of aromatic carboxylic acids is 1. The molecule has 0 radical (unpaired) electrons. The van der Waals surface area contributed by atoms with Crippen LogP contribution in [-0.2, 0) is 16.0 Å². The fourth-order valence-corrected chi connectivity index (χ4v) is 3.93. The molecule has 0 spiro atoms. The van der Waals surface area contributed by atoms with E-state index in [0.29, 0.717) is 5.56 Å². The molecule has 0 saturated carbocycles. The van der Waals surface area contributed by atoms with E-state index < -0.39 is 23.8 Å². The minimum Gasteiger partial charge on any atom is -0.478 e. The number of carbonyl (C=O) groups is 3. The van der Waals surface area contributed by atoms with Gasteiger partial charge in [-0.15, -0.1) is 0 Å². The van der Waals surface area contributed by atoms with Gasteiger partial charge in [0.2, 0.25) is 11.8 Å². The Labute approximate surface area is 173 Å². The lowest BCUT2D eigenvalue weighted by molar-refractivity contribution is -0.127. The summed E-state index contributed by atoms with van der Waals surface area (Å²) < 4.78 is 0. The summed E-state index contributed by atoms with van der Waals surface area (Å²) in [5, 5.41) is 11.8. The second-order valence-corrected chi connectivity index (χ2v) is 7.28. The Balaban J connectivity index is 1.58. The number of carboxylic acids is 1. The average molecular weight is 400 g/mol. The molecule has 6 nitrogen and oxygen atoms in total. The van der Waals surface area contributed by atoms with Gasteiger partial charge in [0.05, 0.1) is 11.5 Å². The minimum absolute atomic E-state index is 0.151. The third-order valence-corrected chi connectivity index (χ3v) is 5.40. The predicted molar refractivity (Wildman–Crippen MR) is 112 cm³/mol. The van der Waals surface area contributed by atoms with Crippen LogP contribution in [0.2, 0.25) is 0 Å². The summed E-state index contributed by atoms with van der Waals surface area (Å²) in [6, 6.07) is 20.7. The first-order chi connectivity index (χ1) is 14.5. The molecule has 0 unspecified atom stereocenters. The summed E-state index contributed by atoms with van der Waals surface area (Å²) in [4.78, 5) is 36.3. The number of nitrogens with one attached hydrogen (secondary N) is 1. The van der Waals surface area contributed by atoms with Gasteiger partial charge < -0.3 is 16.2 Å². The van der Waals surface area contributed by atoms with Crippen LogP contribution in [0.4, 0.5) is 0 Å². The largest absolute Gasteiger partial charge is 0.478 e. The lowest BCUT2D eigenvalue weighted by Gasteiger charge is -2.20. The minimum atomic E-state index is -1.03. The quantitative estimate of drug-likeness (QED) is 0.591. The first-order valence-corrected chi connectivity index (χ1v) is 9.56. The molecule has 4 rings (SSSR count). The van der Waals surface area contributed by atoms with Crippen LogP contribution in [0, 0.1) is 0 Å². The molecule has 1 aliphatic carbocycles.